The van der Waals surface area contributed by atoms with Crippen LogP contribution < -0.4 is 25.4 Å². The minimum Gasteiger partial charge on any atom is -0.486 e. The Morgan fingerprint density at radius 3 is 2.17 bits per heavy atom. The van der Waals surface area contributed by atoms with Gasteiger partial charge in [-0.05, 0) is 67.6 Å². The summed E-state index contributed by atoms with van der Waals surface area (Å²) in [5.41, 5.74) is 2.44. The van der Waals surface area contributed by atoms with Crippen LogP contribution in [0.5, 0.6) is 11.5 Å². The molecule has 0 saturated carbocycles. The van der Waals surface area contributed by atoms with Gasteiger partial charge in [0.05, 0.1) is 5.25 Å². The molecule has 0 bridgehead atoms. The lowest BCUT2D eigenvalue weighted by atomic mass is 10.2. The number of carbonyl (C=O) groups excluding carboxylic acids is 3. The molecule has 1 aliphatic heterocycles. The number of nitrogens with one attached hydrogen (secondary N) is 3. The fourth-order valence-electron chi connectivity index (χ4n) is 4.71. The maximum absolute atomic E-state index is 13.5. The van der Waals surface area contributed by atoms with E-state index in [-0.39, 0.29) is 11.6 Å². The zero-order valence-electron chi connectivity index (χ0n) is 25.4. The summed E-state index contributed by atoms with van der Waals surface area (Å²) < 4.78 is 17.1. The van der Waals surface area contributed by atoms with Gasteiger partial charge < -0.3 is 29.8 Å². The first-order chi connectivity index (χ1) is 22.9. The molecule has 0 unspecified atom stereocenters. The molecule has 6 rings (SSSR count). The zero-order chi connectivity index (χ0) is 32.6. The summed E-state index contributed by atoms with van der Waals surface area (Å²) in [6, 6.07) is 34.2. The molecule has 1 aromatic heterocycles. The third-order valence-corrected chi connectivity index (χ3v) is 8.22. The van der Waals surface area contributed by atoms with Crippen molar-refractivity contribution in [1.82, 2.24) is 5.32 Å². The van der Waals surface area contributed by atoms with Crippen molar-refractivity contribution in [1.29, 1.82) is 0 Å². The Balaban J connectivity index is 1.12. The third kappa shape index (κ3) is 8.11. The van der Waals surface area contributed by atoms with E-state index in [1.54, 1.807) is 60.7 Å². The van der Waals surface area contributed by atoms with Gasteiger partial charge in [-0.3, -0.25) is 14.4 Å². The highest BCUT2D eigenvalue weighted by Gasteiger charge is 2.19. The summed E-state index contributed by atoms with van der Waals surface area (Å²) >= 11 is 1.38. The van der Waals surface area contributed by atoms with Crippen LogP contribution in [0.3, 0.4) is 0 Å². The number of thioether (sulfide) groups is 1. The summed E-state index contributed by atoms with van der Waals surface area (Å²) in [7, 11) is 0. The Morgan fingerprint density at radius 2 is 1.43 bits per heavy atom. The zero-order valence-corrected chi connectivity index (χ0v) is 26.2. The van der Waals surface area contributed by atoms with E-state index < -0.39 is 17.1 Å². The van der Waals surface area contributed by atoms with Crippen molar-refractivity contribution in [2.24, 2.45) is 0 Å². The van der Waals surface area contributed by atoms with Crippen LogP contribution >= 0.6 is 11.8 Å². The van der Waals surface area contributed by atoms with E-state index in [0.717, 1.165) is 10.5 Å². The maximum Gasteiger partial charge on any atom is 0.272 e. The lowest BCUT2D eigenvalue weighted by Crippen LogP contribution is -2.30. The Morgan fingerprint density at radius 1 is 0.745 bits per heavy atom. The van der Waals surface area contributed by atoms with Gasteiger partial charge in [-0.25, -0.2) is 0 Å². The average molecular weight is 646 g/mol. The van der Waals surface area contributed by atoms with E-state index in [0.29, 0.717) is 53.2 Å². The molecule has 0 aliphatic carbocycles. The van der Waals surface area contributed by atoms with Crippen LogP contribution in [-0.4, -0.2) is 36.2 Å². The second-order valence-corrected chi connectivity index (χ2v) is 11.9. The lowest BCUT2D eigenvalue weighted by Gasteiger charge is -2.19. The number of rotatable bonds is 10. The van der Waals surface area contributed by atoms with Crippen molar-refractivity contribution in [2.75, 3.05) is 23.8 Å². The van der Waals surface area contributed by atoms with Gasteiger partial charge in [0.25, 0.3) is 11.8 Å². The van der Waals surface area contributed by atoms with E-state index >= 15 is 0 Å². The number of anilines is 2. The molecule has 2 heterocycles. The number of hydrogen-bond acceptors (Lipinski definition) is 7. The molecular formula is C37H31N3O6S. The average Bonchev–Trinajstić information content (AvgIpc) is 3.58. The number of fused-ring (bicyclic) bond motifs is 1. The molecular weight excluding hydrogens is 614 g/mol. The lowest BCUT2D eigenvalue weighted by molar-refractivity contribution is -0.115. The molecule has 0 spiro atoms. The molecule has 5 aromatic rings. The molecule has 9 nitrogen and oxygen atoms in total. The van der Waals surface area contributed by atoms with Gasteiger partial charge in [-0.15, -0.1) is 11.8 Å². The highest BCUT2D eigenvalue weighted by Crippen LogP contribution is 2.33. The molecule has 0 saturated heterocycles. The van der Waals surface area contributed by atoms with Crippen molar-refractivity contribution in [3.05, 3.63) is 132 Å². The van der Waals surface area contributed by atoms with E-state index in [2.05, 4.69) is 16.0 Å². The number of ether oxygens (including phenoxy) is 2. The van der Waals surface area contributed by atoms with Gasteiger partial charge in [0.15, 0.2) is 11.5 Å². The summed E-state index contributed by atoms with van der Waals surface area (Å²) in [5.74, 6) is 1.16. The van der Waals surface area contributed by atoms with Crippen LogP contribution in [0, 0.1) is 0 Å². The molecule has 10 heteroatoms. The molecule has 236 valence electrons. The first-order valence-electron chi connectivity index (χ1n) is 14.9. The van der Waals surface area contributed by atoms with Gasteiger partial charge >= 0.3 is 0 Å². The fraction of sp³-hybridized carbons (Fsp3) is 0.108. The minimum atomic E-state index is -0.528. The van der Waals surface area contributed by atoms with Crippen molar-refractivity contribution in [2.45, 2.75) is 17.1 Å². The predicted molar refractivity (Wildman–Crippen MR) is 182 cm³/mol. The minimum absolute atomic E-state index is 0.00991. The molecule has 0 fully saturated rings. The molecule has 0 radical (unpaired) electrons. The number of benzene rings is 4. The van der Waals surface area contributed by atoms with Gasteiger partial charge in [0.1, 0.15) is 30.4 Å². The molecule has 1 aliphatic rings. The van der Waals surface area contributed by atoms with Crippen LogP contribution in [0.2, 0.25) is 0 Å². The SMILES string of the molecule is C[C@@H](Sc1ccc(NC(=O)/C(=C\c2ccc(-c3ccccc3)o2)NC(=O)c2ccccc2)cc1)C(=O)Nc1ccc2c(c1)OCCO2. The van der Waals surface area contributed by atoms with Crippen LogP contribution in [0.1, 0.15) is 23.0 Å². The van der Waals surface area contributed by atoms with Crippen LogP contribution in [0.25, 0.3) is 17.4 Å². The fourth-order valence-corrected chi connectivity index (χ4v) is 5.58. The predicted octanol–water partition coefficient (Wildman–Crippen LogP) is 7.25. The maximum atomic E-state index is 13.5. The van der Waals surface area contributed by atoms with Crippen molar-refractivity contribution < 1.29 is 28.3 Å². The smallest absolute Gasteiger partial charge is 0.272 e. The normalized spacial score (nSPS) is 12.9. The quantitative estimate of drug-likeness (QED) is 0.108. The summed E-state index contributed by atoms with van der Waals surface area (Å²) in [5, 5.41) is 8.09. The van der Waals surface area contributed by atoms with Crippen molar-refractivity contribution >= 4 is 46.9 Å². The first-order valence-corrected chi connectivity index (χ1v) is 15.8. The summed E-state index contributed by atoms with van der Waals surface area (Å²) in [6.45, 7) is 2.78. The summed E-state index contributed by atoms with van der Waals surface area (Å²) in [4.78, 5) is 40.2. The second kappa shape index (κ2) is 14.6. The third-order valence-electron chi connectivity index (χ3n) is 7.10. The molecule has 3 amide bonds. The number of amides is 3. The van der Waals surface area contributed by atoms with Crippen LogP contribution in [-0.2, 0) is 9.59 Å². The topological polar surface area (TPSA) is 119 Å². The molecule has 47 heavy (non-hydrogen) atoms. The Hall–Kier alpha value is -5.74. The van der Waals surface area contributed by atoms with Crippen molar-refractivity contribution in [3.8, 4) is 22.8 Å². The van der Waals surface area contributed by atoms with E-state index in [4.69, 9.17) is 13.9 Å². The Labute approximate surface area is 276 Å². The standard InChI is InChI=1S/C37H31N3O6S/c1-24(35(41)39-28-14-18-33-34(22-28)45-21-20-44-33)47-30-16-12-27(13-17-30)38-37(43)31(40-36(42)26-10-6-3-7-11-26)23-29-15-19-32(46-29)25-8-4-2-5-9-25/h2-19,22-24H,20-21H2,1H3,(H,38,43)(H,39,41)(H,40,42)/b31-23+/t24-/m1/s1. The Kier molecular flexibility index (Phi) is 9.69. The highest BCUT2D eigenvalue weighted by atomic mass is 32.2. The largest absolute Gasteiger partial charge is 0.486 e. The molecule has 3 N–H and O–H groups in total. The number of carbonyl (C=O) groups is 3. The number of hydrogen-bond donors (Lipinski definition) is 3. The van der Waals surface area contributed by atoms with E-state index in [1.807, 2.05) is 61.5 Å². The second-order valence-electron chi connectivity index (χ2n) is 10.5. The summed E-state index contributed by atoms with van der Waals surface area (Å²) in [6.07, 6.45) is 1.49. The Bertz CT molecular complexity index is 1910. The molecule has 1 atom stereocenters. The monoisotopic (exact) mass is 645 g/mol. The van der Waals surface area contributed by atoms with Crippen LogP contribution in [0.15, 0.2) is 130 Å². The van der Waals surface area contributed by atoms with E-state index in [1.165, 1.54) is 17.8 Å². The van der Waals surface area contributed by atoms with Gasteiger partial charge in [0, 0.05) is 39.5 Å². The number of furan rings is 1. The molecule has 4 aromatic carbocycles. The highest BCUT2D eigenvalue weighted by molar-refractivity contribution is 8.00. The van der Waals surface area contributed by atoms with Gasteiger partial charge in [-0.1, -0.05) is 48.5 Å². The van der Waals surface area contributed by atoms with Crippen LogP contribution in [0.4, 0.5) is 11.4 Å². The van der Waals surface area contributed by atoms with Gasteiger partial charge in [-0.2, -0.15) is 0 Å². The van der Waals surface area contributed by atoms with Crippen molar-refractivity contribution in [3.63, 3.8) is 0 Å². The first kappa shape index (κ1) is 31.3. The van der Waals surface area contributed by atoms with Gasteiger partial charge in [0.2, 0.25) is 5.91 Å². The van der Waals surface area contributed by atoms with E-state index in [9.17, 15) is 14.4 Å².